The molecule has 0 saturated carbocycles. The van der Waals surface area contributed by atoms with Gasteiger partial charge in [-0.25, -0.2) is 4.79 Å². The number of hydrogen-bond acceptors (Lipinski definition) is 5. The van der Waals surface area contributed by atoms with Crippen molar-refractivity contribution in [1.82, 2.24) is 5.32 Å². The lowest BCUT2D eigenvalue weighted by Crippen LogP contribution is -2.28. The van der Waals surface area contributed by atoms with Gasteiger partial charge in [0.2, 0.25) is 0 Å². The number of aliphatic hydroxyl groups is 1. The number of aromatic hydroxyl groups is 1. The Morgan fingerprint density at radius 1 is 1.18 bits per heavy atom. The van der Waals surface area contributed by atoms with Gasteiger partial charge in [-0.2, -0.15) is 0 Å². The second kappa shape index (κ2) is 12.4. The number of allylic oxidation sites excluding steroid dienone is 2. The number of carbonyl (C=O) groups is 2. The highest BCUT2D eigenvalue weighted by Crippen LogP contribution is 2.26. The normalized spacial score (nSPS) is 20.8. The number of benzene rings is 2. The Morgan fingerprint density at radius 2 is 1.97 bits per heavy atom. The van der Waals surface area contributed by atoms with E-state index in [1.54, 1.807) is 18.2 Å². The van der Waals surface area contributed by atoms with Crippen molar-refractivity contribution >= 4 is 11.9 Å². The first kappa shape index (κ1) is 24.8. The number of phenolic OH excluding ortho intramolecular Hbond substituents is 1. The molecule has 0 aliphatic carbocycles. The van der Waals surface area contributed by atoms with Crippen molar-refractivity contribution in [3.63, 3.8) is 0 Å². The van der Waals surface area contributed by atoms with Crippen molar-refractivity contribution in [3.05, 3.63) is 89.6 Å². The van der Waals surface area contributed by atoms with Crippen LogP contribution in [0.1, 0.15) is 47.7 Å². The number of amides is 1. The fourth-order valence-electron chi connectivity index (χ4n) is 3.62. The lowest BCUT2D eigenvalue weighted by atomic mass is 9.93. The van der Waals surface area contributed by atoms with E-state index in [1.165, 1.54) is 12.3 Å². The molecule has 0 bridgehead atoms. The zero-order chi connectivity index (χ0) is 24.3. The molecule has 176 valence electrons. The van der Waals surface area contributed by atoms with Crippen LogP contribution in [-0.4, -0.2) is 34.3 Å². The van der Waals surface area contributed by atoms with E-state index in [0.717, 1.165) is 5.56 Å². The third-order valence-corrected chi connectivity index (χ3v) is 5.61. The molecule has 3 rings (SSSR count). The summed E-state index contributed by atoms with van der Waals surface area (Å²) in [6, 6.07) is 14.1. The number of hydrogen-bond donors (Lipinski definition) is 3. The summed E-state index contributed by atoms with van der Waals surface area (Å²) < 4.78 is 5.69. The van der Waals surface area contributed by atoms with Gasteiger partial charge in [0.05, 0.1) is 6.10 Å². The molecule has 1 unspecified atom stereocenters. The van der Waals surface area contributed by atoms with Crippen LogP contribution in [0.4, 0.5) is 0 Å². The minimum absolute atomic E-state index is 0.0162. The fourth-order valence-corrected chi connectivity index (χ4v) is 3.62. The summed E-state index contributed by atoms with van der Waals surface area (Å²) in [5, 5.41) is 23.4. The molecule has 6 nitrogen and oxygen atoms in total. The molecule has 0 spiro atoms. The van der Waals surface area contributed by atoms with E-state index in [4.69, 9.17) is 4.74 Å². The van der Waals surface area contributed by atoms with E-state index in [0.29, 0.717) is 18.4 Å². The van der Waals surface area contributed by atoms with Crippen molar-refractivity contribution in [2.24, 2.45) is 5.92 Å². The minimum Gasteiger partial charge on any atom is -0.507 e. The number of cyclic esters (lactones) is 1. The number of esters is 1. The molecule has 1 aliphatic heterocycles. The molecule has 34 heavy (non-hydrogen) atoms. The maximum Gasteiger partial charge on any atom is 0.342 e. The van der Waals surface area contributed by atoms with Gasteiger partial charge in [0.15, 0.2) is 0 Å². The summed E-state index contributed by atoms with van der Waals surface area (Å²) in [6.45, 7) is 1.95. The Morgan fingerprint density at radius 3 is 2.76 bits per heavy atom. The third-order valence-electron chi connectivity index (χ3n) is 5.61. The number of carbonyl (C=O) groups excluding carboxylic acids is 2. The van der Waals surface area contributed by atoms with Crippen LogP contribution >= 0.6 is 0 Å². The summed E-state index contributed by atoms with van der Waals surface area (Å²) >= 11 is 0. The Balaban J connectivity index is 1.68. The predicted octanol–water partition coefficient (Wildman–Crippen LogP) is 3.88. The van der Waals surface area contributed by atoms with Gasteiger partial charge in [0.1, 0.15) is 17.4 Å². The standard InChI is InChI=1S/C28H29NO5/c1-20-9-5-6-12-22-13-7-15-24(30)27(22)28(33)34-23(19-25(20)31)14-8-18-29-26(32)17-16-21-10-3-2-4-11-21/h2-8,10-11,13,15,18,20,23,25,30-31H,9,12,14,19H2,1H3,(H,29,32)/t20-,23?,25+/m0/s1. The van der Waals surface area contributed by atoms with Crippen molar-refractivity contribution in [3.8, 4) is 17.6 Å². The van der Waals surface area contributed by atoms with Crippen LogP contribution in [0, 0.1) is 17.8 Å². The number of phenols is 1. The number of nitrogens with one attached hydrogen (secondary N) is 1. The molecule has 0 fully saturated rings. The van der Waals surface area contributed by atoms with Crippen molar-refractivity contribution in [2.75, 3.05) is 0 Å². The Labute approximate surface area is 200 Å². The van der Waals surface area contributed by atoms with E-state index in [9.17, 15) is 19.8 Å². The SMILES string of the molecule is C[C@H]1CC=CCc2cccc(O)c2C(=O)OC(CC=CNC(=O)C#Cc2ccccc2)C[C@H]1O. The average molecular weight is 460 g/mol. The van der Waals surface area contributed by atoms with Crippen LogP contribution in [0.15, 0.2) is 73.0 Å². The quantitative estimate of drug-likeness (QED) is 0.368. The zero-order valence-electron chi connectivity index (χ0n) is 19.1. The Kier molecular flexibility index (Phi) is 9.07. The van der Waals surface area contributed by atoms with E-state index in [-0.39, 0.29) is 30.1 Å². The van der Waals surface area contributed by atoms with E-state index in [1.807, 2.05) is 49.4 Å². The van der Waals surface area contributed by atoms with Crippen molar-refractivity contribution in [2.45, 2.75) is 44.8 Å². The number of fused-ring (bicyclic) bond motifs is 1. The highest BCUT2D eigenvalue weighted by Gasteiger charge is 2.25. The third kappa shape index (κ3) is 7.36. The molecule has 6 heteroatoms. The van der Waals surface area contributed by atoms with E-state index < -0.39 is 24.1 Å². The monoisotopic (exact) mass is 459 g/mol. The molecule has 3 N–H and O–H groups in total. The first-order chi connectivity index (χ1) is 16.4. The Hall–Kier alpha value is -3.82. The molecule has 2 aromatic rings. The summed E-state index contributed by atoms with van der Waals surface area (Å²) in [6.07, 6.45) is 7.39. The van der Waals surface area contributed by atoms with Crippen LogP contribution in [0.2, 0.25) is 0 Å². The molecule has 1 heterocycles. The maximum atomic E-state index is 12.9. The molecule has 3 atom stereocenters. The van der Waals surface area contributed by atoms with Crippen LogP contribution < -0.4 is 5.32 Å². The second-order valence-corrected chi connectivity index (χ2v) is 8.26. The van der Waals surface area contributed by atoms with Crippen LogP contribution in [0.25, 0.3) is 0 Å². The van der Waals surface area contributed by atoms with Crippen LogP contribution in [0.3, 0.4) is 0 Å². The van der Waals surface area contributed by atoms with Gasteiger partial charge in [0.25, 0.3) is 5.91 Å². The number of rotatable bonds is 3. The highest BCUT2D eigenvalue weighted by atomic mass is 16.5. The topological polar surface area (TPSA) is 95.9 Å². The lowest BCUT2D eigenvalue weighted by Gasteiger charge is -2.24. The van der Waals surface area contributed by atoms with Gasteiger partial charge in [-0.3, -0.25) is 4.79 Å². The second-order valence-electron chi connectivity index (χ2n) is 8.26. The van der Waals surface area contributed by atoms with Gasteiger partial charge in [-0.15, -0.1) is 0 Å². The van der Waals surface area contributed by atoms with Gasteiger partial charge in [-0.1, -0.05) is 61.4 Å². The lowest BCUT2D eigenvalue weighted by molar-refractivity contribution is -0.114. The van der Waals surface area contributed by atoms with Gasteiger partial charge < -0.3 is 20.3 Å². The van der Waals surface area contributed by atoms with Crippen molar-refractivity contribution < 1.29 is 24.5 Å². The van der Waals surface area contributed by atoms with Gasteiger partial charge in [-0.05, 0) is 42.5 Å². The molecule has 0 aromatic heterocycles. The van der Waals surface area contributed by atoms with Gasteiger partial charge in [0, 0.05) is 30.5 Å². The number of aliphatic hydroxyl groups excluding tert-OH is 1. The molecule has 1 amide bonds. The molecule has 0 saturated heterocycles. The molecule has 0 radical (unpaired) electrons. The first-order valence-corrected chi connectivity index (χ1v) is 11.3. The van der Waals surface area contributed by atoms with E-state index >= 15 is 0 Å². The molecule has 2 aromatic carbocycles. The maximum absolute atomic E-state index is 12.9. The summed E-state index contributed by atoms with van der Waals surface area (Å²) in [5.41, 5.74) is 1.55. The molecular weight excluding hydrogens is 430 g/mol. The number of ether oxygens (including phenoxy) is 1. The van der Waals surface area contributed by atoms with Gasteiger partial charge >= 0.3 is 5.97 Å². The highest BCUT2D eigenvalue weighted by molar-refractivity contribution is 5.95. The smallest absolute Gasteiger partial charge is 0.342 e. The Bertz CT molecular complexity index is 1110. The van der Waals surface area contributed by atoms with Crippen molar-refractivity contribution in [1.29, 1.82) is 0 Å². The summed E-state index contributed by atoms with van der Waals surface area (Å²) in [7, 11) is 0. The predicted molar refractivity (Wildman–Crippen MR) is 130 cm³/mol. The largest absolute Gasteiger partial charge is 0.507 e. The van der Waals surface area contributed by atoms with E-state index in [2.05, 4.69) is 17.2 Å². The molecular formula is C28H29NO5. The summed E-state index contributed by atoms with van der Waals surface area (Å²) in [4.78, 5) is 24.9. The fraction of sp³-hybridized carbons (Fsp3) is 0.286. The van der Waals surface area contributed by atoms with Crippen LogP contribution in [0.5, 0.6) is 5.75 Å². The van der Waals surface area contributed by atoms with Crippen LogP contribution in [-0.2, 0) is 16.0 Å². The average Bonchev–Trinajstić information content (AvgIpc) is 2.82. The zero-order valence-corrected chi connectivity index (χ0v) is 19.1. The summed E-state index contributed by atoms with van der Waals surface area (Å²) in [5.74, 6) is 4.03. The minimum atomic E-state index is -0.676. The molecule has 1 aliphatic rings. The first-order valence-electron chi connectivity index (χ1n) is 11.3.